The molecule has 0 saturated carbocycles. The fourth-order valence-corrected chi connectivity index (χ4v) is 11.4. The van der Waals surface area contributed by atoms with Crippen molar-refractivity contribution >= 4 is 13.7 Å². The van der Waals surface area contributed by atoms with E-state index in [0.29, 0.717) is 17.4 Å². The van der Waals surface area contributed by atoms with Crippen molar-refractivity contribution in [1.82, 2.24) is 5.32 Å². The number of aliphatic hydroxyl groups excluding tert-OH is 1. The van der Waals surface area contributed by atoms with Crippen molar-refractivity contribution in [2.75, 3.05) is 40.9 Å². The molecule has 0 bridgehead atoms. The number of allylic oxidation sites excluding steroid dienone is 1. The molecule has 3 atom stereocenters. The summed E-state index contributed by atoms with van der Waals surface area (Å²) in [4.78, 5) is 25.6. The molecule has 454 valence electrons. The summed E-state index contributed by atoms with van der Waals surface area (Å²) in [6, 6.07) is -0.883. The second-order valence-electron chi connectivity index (χ2n) is 24.9. The van der Waals surface area contributed by atoms with E-state index < -0.39 is 20.0 Å². The number of rotatable bonds is 64. The quantitative estimate of drug-likeness (QED) is 0.0272. The maximum absolute atomic E-state index is 13.0. The van der Waals surface area contributed by atoms with Crippen molar-refractivity contribution < 1.29 is 32.9 Å². The third-order valence-corrected chi connectivity index (χ3v) is 17.0. The summed E-state index contributed by atoms with van der Waals surface area (Å²) in [6.07, 6.45) is 74.7. The molecule has 9 heteroatoms. The van der Waals surface area contributed by atoms with Crippen molar-refractivity contribution in [2.45, 2.75) is 373 Å². The fourth-order valence-electron chi connectivity index (χ4n) is 10.7. The Kier molecular flexibility index (Phi) is 58.3. The third-order valence-electron chi connectivity index (χ3n) is 16.0. The lowest BCUT2D eigenvalue weighted by atomic mass is 10.0. The van der Waals surface area contributed by atoms with Gasteiger partial charge in [-0.05, 0) is 19.3 Å². The Balaban J connectivity index is 4.04. The number of nitrogens with zero attached hydrogens (tertiary/aromatic N) is 1. The Morgan fingerprint density at radius 1 is 0.447 bits per heavy atom. The molecular weight excluding hydrogens is 960 g/mol. The molecule has 3 unspecified atom stereocenters. The van der Waals surface area contributed by atoms with Crippen LogP contribution in [0.5, 0.6) is 0 Å². The molecule has 0 spiro atoms. The van der Waals surface area contributed by atoms with Gasteiger partial charge in [0, 0.05) is 6.42 Å². The molecule has 0 rings (SSSR count). The highest BCUT2D eigenvalue weighted by Gasteiger charge is 2.23. The van der Waals surface area contributed by atoms with Crippen LogP contribution in [0.2, 0.25) is 0 Å². The number of likely N-dealkylation sites (N-methyl/N-ethyl adjacent to an activating group) is 1. The molecule has 2 N–H and O–H groups in total. The molecule has 0 aromatic carbocycles. The number of hydrogen-bond donors (Lipinski definition) is 2. The van der Waals surface area contributed by atoms with E-state index in [0.717, 1.165) is 38.5 Å². The van der Waals surface area contributed by atoms with Crippen LogP contribution in [0.15, 0.2) is 12.2 Å². The van der Waals surface area contributed by atoms with Crippen molar-refractivity contribution in [2.24, 2.45) is 0 Å². The van der Waals surface area contributed by atoms with E-state index in [1.165, 1.54) is 302 Å². The van der Waals surface area contributed by atoms with Gasteiger partial charge in [0.1, 0.15) is 13.2 Å². The van der Waals surface area contributed by atoms with Crippen LogP contribution in [0, 0.1) is 0 Å². The zero-order valence-electron chi connectivity index (χ0n) is 52.0. The van der Waals surface area contributed by atoms with E-state index in [4.69, 9.17) is 9.05 Å². The van der Waals surface area contributed by atoms with Crippen molar-refractivity contribution in [3.63, 3.8) is 0 Å². The molecule has 0 radical (unpaired) electrons. The van der Waals surface area contributed by atoms with Gasteiger partial charge in [-0.2, -0.15) is 0 Å². The van der Waals surface area contributed by atoms with Gasteiger partial charge in [0.05, 0.1) is 39.9 Å². The fraction of sp³-hybridized carbons (Fsp3) is 0.955. The Bertz CT molecular complexity index is 1240. The number of nitrogens with one attached hydrogen (secondary N) is 1. The van der Waals surface area contributed by atoms with Crippen LogP contribution in [0.25, 0.3) is 0 Å². The minimum atomic E-state index is -4.60. The van der Waals surface area contributed by atoms with Crippen molar-refractivity contribution in [1.29, 1.82) is 0 Å². The van der Waals surface area contributed by atoms with Gasteiger partial charge >= 0.3 is 0 Å². The summed E-state index contributed by atoms with van der Waals surface area (Å²) in [5.74, 6) is -0.188. The molecule has 0 heterocycles. The summed E-state index contributed by atoms with van der Waals surface area (Å²) in [5.41, 5.74) is 0. The summed E-state index contributed by atoms with van der Waals surface area (Å²) >= 11 is 0. The molecule has 1 amide bonds. The Morgan fingerprint density at radius 3 is 0.987 bits per heavy atom. The van der Waals surface area contributed by atoms with Crippen molar-refractivity contribution in [3.8, 4) is 0 Å². The Labute approximate surface area is 475 Å². The molecule has 0 fully saturated rings. The number of hydrogen-bond acceptors (Lipinski definition) is 6. The van der Waals surface area contributed by atoms with Crippen LogP contribution in [0.1, 0.15) is 361 Å². The summed E-state index contributed by atoms with van der Waals surface area (Å²) < 4.78 is 23.4. The second-order valence-corrected chi connectivity index (χ2v) is 26.3. The van der Waals surface area contributed by atoms with Crippen molar-refractivity contribution in [3.05, 3.63) is 12.2 Å². The van der Waals surface area contributed by atoms with Crippen LogP contribution >= 0.6 is 7.82 Å². The van der Waals surface area contributed by atoms with E-state index in [1.54, 1.807) is 6.08 Å². The molecule has 0 saturated heterocycles. The van der Waals surface area contributed by atoms with E-state index >= 15 is 0 Å². The lowest BCUT2D eigenvalue weighted by Gasteiger charge is -2.29. The van der Waals surface area contributed by atoms with Gasteiger partial charge in [-0.1, -0.05) is 347 Å². The number of unbranched alkanes of at least 4 members (excludes halogenated alkanes) is 51. The highest BCUT2D eigenvalue weighted by Crippen LogP contribution is 2.38. The van der Waals surface area contributed by atoms with Gasteiger partial charge in [0.2, 0.25) is 5.91 Å². The zero-order valence-corrected chi connectivity index (χ0v) is 52.9. The normalized spacial score (nSPS) is 13.7. The van der Waals surface area contributed by atoms with Gasteiger partial charge in [0.25, 0.3) is 7.82 Å². The van der Waals surface area contributed by atoms with E-state index in [2.05, 4.69) is 19.2 Å². The third kappa shape index (κ3) is 60.9. The first-order valence-electron chi connectivity index (χ1n) is 34.1. The maximum Gasteiger partial charge on any atom is 0.268 e. The number of carbonyl (C=O) groups is 1. The topological polar surface area (TPSA) is 108 Å². The molecule has 0 aliphatic heterocycles. The number of quaternary nitrogens is 1. The maximum atomic E-state index is 13.0. The van der Waals surface area contributed by atoms with Gasteiger partial charge in [0.15, 0.2) is 0 Å². The molecule has 0 aliphatic rings. The van der Waals surface area contributed by atoms with Crippen LogP contribution in [0.4, 0.5) is 0 Å². The smallest absolute Gasteiger partial charge is 0.268 e. The molecule has 76 heavy (non-hydrogen) atoms. The predicted molar refractivity (Wildman–Crippen MR) is 330 cm³/mol. The van der Waals surface area contributed by atoms with Gasteiger partial charge in [-0.3, -0.25) is 9.36 Å². The van der Waals surface area contributed by atoms with Crippen LogP contribution in [-0.2, 0) is 18.4 Å². The SMILES string of the molecule is CCCCCCCCCCCCCCCCCCCCCCCCCCCCCCC/C=C/C(O)C(COP(=O)([O-])OCC[N+](C)(C)C)NC(=O)CCCCCCCCCCCCCCCCCCCCCCCCC. The lowest BCUT2D eigenvalue weighted by Crippen LogP contribution is -2.45. The van der Waals surface area contributed by atoms with E-state index in [9.17, 15) is 19.4 Å². The number of carbonyl (C=O) groups excluding carboxylic acids is 1. The first-order chi connectivity index (χ1) is 37.0. The van der Waals surface area contributed by atoms with Crippen LogP contribution in [-0.4, -0.2) is 68.5 Å². The summed E-state index contributed by atoms with van der Waals surface area (Å²) in [5, 5.41) is 14.0. The lowest BCUT2D eigenvalue weighted by molar-refractivity contribution is -0.870. The minimum Gasteiger partial charge on any atom is -0.756 e. The number of aliphatic hydroxyl groups is 1. The minimum absolute atomic E-state index is 0.00296. The molecule has 0 aliphatic carbocycles. The number of phosphoric acid groups is 1. The average molecular weight is 1100 g/mol. The van der Waals surface area contributed by atoms with Crippen LogP contribution < -0.4 is 10.2 Å². The average Bonchev–Trinajstić information content (AvgIpc) is 3.38. The molecule has 8 nitrogen and oxygen atoms in total. The molecular formula is C67H135N2O6P. The second kappa shape index (κ2) is 58.9. The van der Waals surface area contributed by atoms with Gasteiger partial charge in [-0.25, -0.2) is 0 Å². The Morgan fingerprint density at radius 2 is 0.711 bits per heavy atom. The van der Waals surface area contributed by atoms with Gasteiger partial charge < -0.3 is 28.8 Å². The number of amides is 1. The standard InChI is InChI=1S/C67H135N2O6P/c1-6-8-10-12-14-16-18-20-22-24-26-28-30-31-32-33-34-35-36-37-39-40-42-44-46-48-50-52-54-56-58-60-66(70)65(64-75-76(72,73)74-63-62-69(3,4)5)68-67(71)61-59-57-55-53-51-49-47-45-43-41-38-29-27-25-23-21-19-17-15-13-11-9-7-2/h58,60,65-66,70H,6-57,59,61-64H2,1-5H3,(H-,68,71,72,73)/b60-58+. The molecule has 0 aromatic heterocycles. The first-order valence-corrected chi connectivity index (χ1v) is 35.5. The van der Waals surface area contributed by atoms with Gasteiger partial charge in [-0.15, -0.1) is 0 Å². The summed E-state index contributed by atoms with van der Waals surface area (Å²) in [6.45, 7) is 4.72. The van der Waals surface area contributed by atoms with E-state index in [1.807, 2.05) is 27.2 Å². The number of phosphoric ester groups is 1. The first kappa shape index (κ1) is 75.2. The highest BCUT2D eigenvalue weighted by atomic mass is 31.2. The predicted octanol–water partition coefficient (Wildman–Crippen LogP) is 20.7. The largest absolute Gasteiger partial charge is 0.756 e. The highest BCUT2D eigenvalue weighted by molar-refractivity contribution is 7.45. The van der Waals surface area contributed by atoms with Crippen LogP contribution in [0.3, 0.4) is 0 Å². The Hall–Kier alpha value is -0.760. The molecule has 0 aromatic rings. The van der Waals surface area contributed by atoms with E-state index in [-0.39, 0.29) is 19.1 Å². The summed E-state index contributed by atoms with van der Waals surface area (Å²) in [7, 11) is 1.28. The zero-order chi connectivity index (χ0) is 55.6. The monoisotopic (exact) mass is 1100 g/mol.